The van der Waals surface area contributed by atoms with Gasteiger partial charge in [0, 0.05) is 25.6 Å². The average molecular weight is 237 g/mol. The summed E-state index contributed by atoms with van der Waals surface area (Å²) in [5, 5.41) is 0. The summed E-state index contributed by atoms with van der Waals surface area (Å²) >= 11 is 0. The van der Waals surface area contributed by atoms with Gasteiger partial charge in [0.1, 0.15) is 0 Å². The first kappa shape index (κ1) is 14.2. The van der Waals surface area contributed by atoms with Crippen molar-refractivity contribution in [3.8, 4) is 0 Å². The highest BCUT2D eigenvalue weighted by Gasteiger charge is 2.17. The van der Waals surface area contributed by atoms with Crippen LogP contribution in [0.25, 0.3) is 0 Å². The van der Waals surface area contributed by atoms with Crippen molar-refractivity contribution in [2.24, 2.45) is 5.73 Å². The van der Waals surface area contributed by atoms with E-state index in [1.54, 1.807) is 0 Å². The highest BCUT2D eigenvalue weighted by atomic mass is 16.7. The third-order valence-electron chi connectivity index (χ3n) is 2.74. The van der Waals surface area contributed by atoms with E-state index in [0.29, 0.717) is 25.7 Å². The summed E-state index contributed by atoms with van der Waals surface area (Å²) in [6.45, 7) is 5.89. The zero-order valence-corrected chi connectivity index (χ0v) is 10.8. The third-order valence-corrected chi connectivity index (χ3v) is 2.74. The van der Waals surface area contributed by atoms with Crippen LogP contribution in [0.2, 0.25) is 0 Å². The summed E-state index contributed by atoms with van der Waals surface area (Å²) in [5.41, 5.74) is 7.08. The van der Waals surface area contributed by atoms with Gasteiger partial charge in [-0.25, -0.2) is 0 Å². The van der Waals surface area contributed by atoms with E-state index in [4.69, 9.17) is 15.2 Å². The Morgan fingerprint density at radius 3 is 2.12 bits per heavy atom. The maximum Gasteiger partial charge on any atom is 0.158 e. The van der Waals surface area contributed by atoms with Crippen LogP contribution in [-0.4, -0.2) is 26.0 Å². The summed E-state index contributed by atoms with van der Waals surface area (Å²) in [4.78, 5) is 0. The summed E-state index contributed by atoms with van der Waals surface area (Å²) in [7, 11) is 0. The summed E-state index contributed by atoms with van der Waals surface area (Å²) < 4.78 is 11.1. The lowest BCUT2D eigenvalue weighted by Crippen LogP contribution is -2.24. The Morgan fingerprint density at radius 2 is 1.65 bits per heavy atom. The Bertz CT molecular complexity index is 284. The molecule has 0 amide bonds. The fourth-order valence-corrected chi connectivity index (χ4v) is 1.88. The quantitative estimate of drug-likeness (QED) is 0.707. The molecular weight excluding hydrogens is 214 g/mol. The van der Waals surface area contributed by atoms with E-state index in [1.807, 2.05) is 32.0 Å². The Labute approximate surface area is 104 Å². The molecule has 0 aliphatic rings. The predicted octanol–water partition coefficient (Wildman–Crippen LogP) is 2.52. The number of ether oxygens (including phenoxy) is 2. The second-order valence-electron chi connectivity index (χ2n) is 3.92. The molecule has 1 unspecified atom stereocenters. The minimum Gasteiger partial charge on any atom is -0.353 e. The SMILES string of the molecule is CCOC(CC(CN)c1ccccc1)OCC. The molecule has 3 nitrogen and oxygen atoms in total. The van der Waals surface area contributed by atoms with E-state index in [0.717, 1.165) is 6.42 Å². The smallest absolute Gasteiger partial charge is 0.158 e. The Kier molecular flexibility index (Phi) is 6.86. The second kappa shape index (κ2) is 8.23. The lowest BCUT2D eigenvalue weighted by atomic mass is 9.95. The van der Waals surface area contributed by atoms with Gasteiger partial charge in [-0.2, -0.15) is 0 Å². The van der Waals surface area contributed by atoms with Gasteiger partial charge in [0.2, 0.25) is 0 Å². The van der Waals surface area contributed by atoms with Crippen LogP contribution >= 0.6 is 0 Å². The largest absolute Gasteiger partial charge is 0.353 e. The molecule has 0 aromatic heterocycles. The molecule has 0 saturated heterocycles. The zero-order valence-electron chi connectivity index (χ0n) is 10.8. The molecule has 0 radical (unpaired) electrons. The molecule has 2 N–H and O–H groups in total. The third kappa shape index (κ3) is 4.86. The molecule has 3 heteroatoms. The van der Waals surface area contributed by atoms with Crippen molar-refractivity contribution in [3.05, 3.63) is 35.9 Å². The van der Waals surface area contributed by atoms with Crippen LogP contribution in [0.15, 0.2) is 30.3 Å². The first-order chi connectivity index (χ1) is 8.31. The van der Waals surface area contributed by atoms with E-state index in [9.17, 15) is 0 Å². The Morgan fingerprint density at radius 1 is 1.06 bits per heavy atom. The van der Waals surface area contributed by atoms with E-state index < -0.39 is 0 Å². The van der Waals surface area contributed by atoms with Gasteiger partial charge in [-0.3, -0.25) is 0 Å². The van der Waals surface area contributed by atoms with Crippen molar-refractivity contribution in [1.29, 1.82) is 0 Å². The van der Waals surface area contributed by atoms with Crippen LogP contribution in [0.4, 0.5) is 0 Å². The van der Waals surface area contributed by atoms with Crippen molar-refractivity contribution >= 4 is 0 Å². The molecule has 0 fully saturated rings. The van der Waals surface area contributed by atoms with Gasteiger partial charge in [0.25, 0.3) is 0 Å². The van der Waals surface area contributed by atoms with Gasteiger partial charge in [0.05, 0.1) is 0 Å². The van der Waals surface area contributed by atoms with Gasteiger partial charge in [-0.05, 0) is 26.0 Å². The van der Waals surface area contributed by atoms with E-state index in [-0.39, 0.29) is 6.29 Å². The molecule has 1 atom stereocenters. The fraction of sp³-hybridized carbons (Fsp3) is 0.571. The number of nitrogens with two attached hydrogens (primary N) is 1. The van der Waals surface area contributed by atoms with Gasteiger partial charge in [0.15, 0.2) is 6.29 Å². The minimum absolute atomic E-state index is 0.154. The molecule has 0 aliphatic carbocycles. The van der Waals surface area contributed by atoms with Gasteiger partial charge >= 0.3 is 0 Å². The van der Waals surface area contributed by atoms with Crippen LogP contribution < -0.4 is 5.73 Å². The molecule has 0 bridgehead atoms. The molecule has 1 aromatic carbocycles. The Hall–Kier alpha value is -0.900. The van der Waals surface area contributed by atoms with Crippen LogP contribution in [-0.2, 0) is 9.47 Å². The highest BCUT2D eigenvalue weighted by Crippen LogP contribution is 2.21. The number of rotatable bonds is 8. The summed E-state index contributed by atoms with van der Waals surface area (Å²) in [6, 6.07) is 10.3. The van der Waals surface area contributed by atoms with Crippen LogP contribution in [0, 0.1) is 0 Å². The maximum atomic E-state index is 5.83. The number of benzene rings is 1. The van der Waals surface area contributed by atoms with E-state index in [1.165, 1.54) is 5.56 Å². The van der Waals surface area contributed by atoms with Crippen molar-refractivity contribution in [2.45, 2.75) is 32.5 Å². The summed E-state index contributed by atoms with van der Waals surface area (Å²) in [5.74, 6) is 0.291. The monoisotopic (exact) mass is 237 g/mol. The van der Waals surface area contributed by atoms with E-state index in [2.05, 4.69) is 12.1 Å². The van der Waals surface area contributed by atoms with Gasteiger partial charge in [-0.1, -0.05) is 30.3 Å². The topological polar surface area (TPSA) is 44.5 Å². The van der Waals surface area contributed by atoms with Crippen LogP contribution in [0.5, 0.6) is 0 Å². The van der Waals surface area contributed by atoms with E-state index >= 15 is 0 Å². The van der Waals surface area contributed by atoms with Gasteiger partial charge < -0.3 is 15.2 Å². The molecule has 17 heavy (non-hydrogen) atoms. The molecule has 0 saturated carbocycles. The Balaban J connectivity index is 2.61. The molecule has 1 rings (SSSR count). The van der Waals surface area contributed by atoms with Gasteiger partial charge in [-0.15, -0.1) is 0 Å². The maximum absolute atomic E-state index is 5.83. The molecular formula is C14H23NO2. The van der Waals surface area contributed by atoms with Crippen LogP contribution in [0.3, 0.4) is 0 Å². The van der Waals surface area contributed by atoms with Crippen LogP contribution in [0.1, 0.15) is 31.7 Å². The standard InChI is InChI=1S/C14H23NO2/c1-3-16-14(17-4-2)10-13(11-15)12-8-6-5-7-9-12/h5-9,13-14H,3-4,10-11,15H2,1-2H3. The average Bonchev–Trinajstić information content (AvgIpc) is 2.37. The first-order valence-electron chi connectivity index (χ1n) is 6.30. The molecule has 1 aromatic rings. The molecule has 0 aliphatic heterocycles. The van der Waals surface area contributed by atoms with Crippen molar-refractivity contribution in [1.82, 2.24) is 0 Å². The number of hydrogen-bond donors (Lipinski definition) is 1. The van der Waals surface area contributed by atoms with Crippen molar-refractivity contribution in [2.75, 3.05) is 19.8 Å². The normalized spacial score (nSPS) is 12.9. The first-order valence-corrected chi connectivity index (χ1v) is 6.30. The predicted molar refractivity (Wildman–Crippen MR) is 69.9 cm³/mol. The molecule has 96 valence electrons. The summed E-state index contributed by atoms with van der Waals surface area (Å²) in [6.07, 6.45) is 0.654. The molecule has 0 heterocycles. The molecule has 0 spiro atoms. The van der Waals surface area contributed by atoms with Crippen molar-refractivity contribution < 1.29 is 9.47 Å². The van der Waals surface area contributed by atoms with Crippen molar-refractivity contribution in [3.63, 3.8) is 0 Å². The fourth-order valence-electron chi connectivity index (χ4n) is 1.88. The second-order valence-corrected chi connectivity index (χ2v) is 3.92. The lowest BCUT2D eigenvalue weighted by Gasteiger charge is -2.22. The lowest BCUT2D eigenvalue weighted by molar-refractivity contribution is -0.142. The number of hydrogen-bond acceptors (Lipinski definition) is 3. The highest BCUT2D eigenvalue weighted by molar-refractivity contribution is 5.19. The minimum atomic E-state index is -0.154. The zero-order chi connectivity index (χ0) is 12.5.